The maximum atomic E-state index is 12.4. The molecule has 1 aromatic heterocycles. The van der Waals surface area contributed by atoms with Gasteiger partial charge in [-0.05, 0) is 23.8 Å². The van der Waals surface area contributed by atoms with Crippen molar-refractivity contribution in [3.8, 4) is 0 Å². The summed E-state index contributed by atoms with van der Waals surface area (Å²) in [5, 5.41) is 6.64. The Morgan fingerprint density at radius 2 is 1.76 bits per heavy atom. The highest BCUT2D eigenvalue weighted by Crippen LogP contribution is 2.26. The molecule has 1 aliphatic rings. The van der Waals surface area contributed by atoms with Crippen LogP contribution in [0, 0.1) is 0 Å². The first kappa shape index (κ1) is 19.0. The van der Waals surface area contributed by atoms with E-state index < -0.39 is 0 Å². The Morgan fingerprint density at radius 1 is 1.00 bits per heavy atom. The van der Waals surface area contributed by atoms with E-state index in [1.54, 1.807) is 0 Å². The van der Waals surface area contributed by atoms with Gasteiger partial charge in [0.1, 0.15) is 0 Å². The highest BCUT2D eigenvalue weighted by molar-refractivity contribution is 5.98. The van der Waals surface area contributed by atoms with Crippen molar-refractivity contribution in [3.05, 3.63) is 60.3 Å². The molecule has 4 rings (SSSR count). The lowest BCUT2D eigenvalue weighted by molar-refractivity contribution is -0.123. The third-order valence-corrected chi connectivity index (χ3v) is 5.00. The molecular formula is C22H24N4O3. The fourth-order valence-electron chi connectivity index (χ4n) is 3.55. The second-order valence-electron chi connectivity index (χ2n) is 6.98. The van der Waals surface area contributed by atoms with E-state index in [1.165, 1.54) is 0 Å². The van der Waals surface area contributed by atoms with Crippen LogP contribution in [0.1, 0.15) is 5.56 Å². The number of aromatic nitrogens is 1. The standard InChI is InChI=1S/C22H24N4O3/c27-21(13-16-14-23-18-6-2-1-5-17(16)18)24-15-22(28)25-19-7-3-4-8-20(19)26-9-11-29-12-10-26/h1-8,14,23H,9-13,15H2,(H,24,27)(H,25,28). The zero-order chi connectivity index (χ0) is 20.1. The Labute approximate surface area is 169 Å². The molecule has 150 valence electrons. The average molecular weight is 392 g/mol. The molecule has 3 aromatic rings. The molecule has 0 saturated carbocycles. The Balaban J connectivity index is 1.33. The molecule has 2 heterocycles. The predicted molar refractivity (Wildman–Crippen MR) is 113 cm³/mol. The third-order valence-electron chi connectivity index (χ3n) is 5.00. The number of carbonyl (C=O) groups is 2. The Hall–Kier alpha value is -3.32. The van der Waals surface area contributed by atoms with E-state index in [0.717, 1.165) is 40.9 Å². The fraction of sp³-hybridized carbons (Fsp3) is 0.273. The van der Waals surface area contributed by atoms with Gasteiger partial charge in [-0.25, -0.2) is 0 Å². The van der Waals surface area contributed by atoms with Gasteiger partial charge in [-0.1, -0.05) is 30.3 Å². The lowest BCUT2D eigenvalue weighted by Crippen LogP contribution is -2.37. The minimum Gasteiger partial charge on any atom is -0.378 e. The summed E-state index contributed by atoms with van der Waals surface area (Å²) in [5.74, 6) is -0.440. The SMILES string of the molecule is O=C(Cc1c[nH]c2ccccc12)NCC(=O)Nc1ccccc1N1CCOCC1. The number of benzene rings is 2. The van der Waals surface area contributed by atoms with Gasteiger partial charge in [0.05, 0.1) is 37.6 Å². The molecule has 0 unspecified atom stereocenters. The highest BCUT2D eigenvalue weighted by Gasteiger charge is 2.16. The summed E-state index contributed by atoms with van der Waals surface area (Å²) < 4.78 is 5.40. The molecule has 0 spiro atoms. The van der Waals surface area contributed by atoms with E-state index in [0.29, 0.717) is 13.2 Å². The van der Waals surface area contributed by atoms with Crippen LogP contribution in [0.3, 0.4) is 0 Å². The number of amides is 2. The number of anilines is 2. The third kappa shape index (κ3) is 4.57. The number of ether oxygens (including phenoxy) is 1. The first-order valence-electron chi connectivity index (χ1n) is 9.74. The van der Waals surface area contributed by atoms with Gasteiger partial charge in [0, 0.05) is 30.2 Å². The molecular weight excluding hydrogens is 368 g/mol. The number of aromatic amines is 1. The average Bonchev–Trinajstić information content (AvgIpc) is 3.16. The summed E-state index contributed by atoms with van der Waals surface area (Å²) in [6, 6.07) is 15.5. The van der Waals surface area contributed by atoms with Crippen molar-refractivity contribution >= 4 is 34.1 Å². The number of fused-ring (bicyclic) bond motifs is 1. The van der Waals surface area contributed by atoms with Crippen molar-refractivity contribution in [1.29, 1.82) is 0 Å². The zero-order valence-electron chi connectivity index (χ0n) is 16.1. The molecule has 1 aliphatic heterocycles. The van der Waals surface area contributed by atoms with Gasteiger partial charge in [0.15, 0.2) is 0 Å². The maximum absolute atomic E-state index is 12.4. The Kier molecular flexibility index (Phi) is 5.76. The van der Waals surface area contributed by atoms with Crippen LogP contribution in [0.5, 0.6) is 0 Å². The van der Waals surface area contributed by atoms with Crippen LogP contribution >= 0.6 is 0 Å². The molecule has 2 aromatic carbocycles. The molecule has 29 heavy (non-hydrogen) atoms. The molecule has 1 fully saturated rings. The summed E-state index contributed by atoms with van der Waals surface area (Å²) in [6.45, 7) is 2.85. The van der Waals surface area contributed by atoms with Crippen molar-refractivity contribution in [2.45, 2.75) is 6.42 Å². The second kappa shape index (κ2) is 8.79. The number of carbonyl (C=O) groups excluding carboxylic acids is 2. The number of hydrogen-bond acceptors (Lipinski definition) is 4. The summed E-state index contributed by atoms with van der Waals surface area (Å²) in [6.07, 6.45) is 2.06. The molecule has 3 N–H and O–H groups in total. The van der Waals surface area contributed by atoms with Crippen LogP contribution in [0.25, 0.3) is 10.9 Å². The molecule has 7 nitrogen and oxygen atoms in total. The lowest BCUT2D eigenvalue weighted by Gasteiger charge is -2.30. The van der Waals surface area contributed by atoms with Gasteiger partial charge in [0.2, 0.25) is 11.8 Å². The maximum Gasteiger partial charge on any atom is 0.243 e. The number of nitrogens with zero attached hydrogens (tertiary/aromatic N) is 1. The molecule has 0 radical (unpaired) electrons. The lowest BCUT2D eigenvalue weighted by atomic mass is 10.1. The largest absolute Gasteiger partial charge is 0.378 e. The van der Waals surface area contributed by atoms with Crippen LogP contribution in [0.15, 0.2) is 54.7 Å². The van der Waals surface area contributed by atoms with Crippen molar-refractivity contribution < 1.29 is 14.3 Å². The van der Waals surface area contributed by atoms with Gasteiger partial charge in [0.25, 0.3) is 0 Å². The van der Waals surface area contributed by atoms with Crippen LogP contribution in [-0.4, -0.2) is 49.6 Å². The van der Waals surface area contributed by atoms with E-state index in [4.69, 9.17) is 4.74 Å². The molecule has 1 saturated heterocycles. The van der Waals surface area contributed by atoms with Gasteiger partial charge in [-0.2, -0.15) is 0 Å². The van der Waals surface area contributed by atoms with Crippen LogP contribution in [0.2, 0.25) is 0 Å². The Morgan fingerprint density at radius 3 is 2.62 bits per heavy atom. The number of morpholine rings is 1. The van der Waals surface area contributed by atoms with E-state index in [-0.39, 0.29) is 24.8 Å². The number of rotatable bonds is 6. The van der Waals surface area contributed by atoms with E-state index >= 15 is 0 Å². The topological polar surface area (TPSA) is 86.5 Å². The van der Waals surface area contributed by atoms with Crippen molar-refractivity contribution in [3.63, 3.8) is 0 Å². The highest BCUT2D eigenvalue weighted by atomic mass is 16.5. The second-order valence-corrected chi connectivity index (χ2v) is 6.98. The first-order valence-corrected chi connectivity index (χ1v) is 9.74. The smallest absolute Gasteiger partial charge is 0.243 e. The van der Waals surface area contributed by atoms with Crippen molar-refractivity contribution in [2.75, 3.05) is 43.1 Å². The van der Waals surface area contributed by atoms with Gasteiger partial charge in [-0.15, -0.1) is 0 Å². The number of nitrogens with one attached hydrogen (secondary N) is 3. The number of H-pyrrole nitrogens is 1. The summed E-state index contributed by atoms with van der Waals surface area (Å²) in [5.41, 5.74) is 3.61. The predicted octanol–water partition coefficient (Wildman–Crippen LogP) is 2.30. The first-order chi connectivity index (χ1) is 14.2. The van der Waals surface area contributed by atoms with Crippen LogP contribution < -0.4 is 15.5 Å². The minimum absolute atomic E-state index is 0.0708. The van der Waals surface area contributed by atoms with E-state index in [1.807, 2.05) is 54.7 Å². The summed E-state index contributed by atoms with van der Waals surface area (Å²) in [4.78, 5) is 30.0. The quantitative estimate of drug-likeness (QED) is 0.601. The minimum atomic E-state index is -0.252. The molecule has 7 heteroatoms. The van der Waals surface area contributed by atoms with E-state index in [2.05, 4.69) is 20.5 Å². The monoisotopic (exact) mass is 392 g/mol. The van der Waals surface area contributed by atoms with Gasteiger partial charge < -0.3 is 25.3 Å². The van der Waals surface area contributed by atoms with Gasteiger partial charge >= 0.3 is 0 Å². The number of para-hydroxylation sites is 3. The molecule has 0 atom stereocenters. The van der Waals surface area contributed by atoms with Gasteiger partial charge in [-0.3, -0.25) is 9.59 Å². The van der Waals surface area contributed by atoms with Crippen LogP contribution in [-0.2, 0) is 20.7 Å². The normalized spacial score (nSPS) is 14.0. The van der Waals surface area contributed by atoms with Crippen molar-refractivity contribution in [1.82, 2.24) is 10.3 Å². The number of hydrogen-bond donors (Lipinski definition) is 3. The molecule has 2 amide bonds. The Bertz CT molecular complexity index is 1010. The summed E-state index contributed by atoms with van der Waals surface area (Å²) in [7, 11) is 0. The zero-order valence-corrected chi connectivity index (χ0v) is 16.1. The fourth-order valence-corrected chi connectivity index (χ4v) is 3.55. The summed E-state index contributed by atoms with van der Waals surface area (Å²) >= 11 is 0. The molecule has 0 bridgehead atoms. The molecule has 0 aliphatic carbocycles. The van der Waals surface area contributed by atoms with Crippen LogP contribution in [0.4, 0.5) is 11.4 Å². The van der Waals surface area contributed by atoms with E-state index in [9.17, 15) is 9.59 Å². The van der Waals surface area contributed by atoms with Crippen molar-refractivity contribution in [2.24, 2.45) is 0 Å².